The van der Waals surface area contributed by atoms with Crippen molar-refractivity contribution in [1.29, 1.82) is 0 Å². The Kier molecular flexibility index (Phi) is 9.77. The minimum Gasteiger partial charge on any atom is -0.497 e. The number of ether oxygens (including phenoxy) is 3. The number of hydrogen-bond donors (Lipinski definition) is 1. The molecule has 1 N–H and O–H groups in total. The smallest absolute Gasteiger partial charge is 0.330 e. The van der Waals surface area contributed by atoms with Gasteiger partial charge in [0.1, 0.15) is 23.6 Å². The van der Waals surface area contributed by atoms with Gasteiger partial charge in [-0.05, 0) is 85.8 Å². The van der Waals surface area contributed by atoms with E-state index >= 15 is 0 Å². The van der Waals surface area contributed by atoms with Crippen LogP contribution in [-0.4, -0.2) is 60.4 Å². The summed E-state index contributed by atoms with van der Waals surface area (Å²) in [6.07, 6.45) is 2.96. The third kappa shape index (κ3) is 6.63. The van der Waals surface area contributed by atoms with Crippen LogP contribution in [0.1, 0.15) is 58.1 Å². The Labute approximate surface area is 238 Å². The van der Waals surface area contributed by atoms with Crippen LogP contribution in [0.3, 0.4) is 0 Å². The van der Waals surface area contributed by atoms with Gasteiger partial charge in [-0.2, -0.15) is 0 Å². The summed E-state index contributed by atoms with van der Waals surface area (Å²) in [5.41, 5.74) is 2.06. The first kappa shape index (κ1) is 29.9. The van der Waals surface area contributed by atoms with Gasteiger partial charge in [-0.25, -0.2) is 4.79 Å². The molecule has 0 radical (unpaired) electrons. The molecule has 2 aromatic carbocycles. The summed E-state index contributed by atoms with van der Waals surface area (Å²) < 4.78 is 16.9. The summed E-state index contributed by atoms with van der Waals surface area (Å²) in [4.78, 5) is 29.1. The Balaban J connectivity index is 1.62. The number of methoxy groups -OCH3 is 2. The highest BCUT2D eigenvalue weighted by atomic mass is 16.5. The number of benzene rings is 2. The molecule has 4 rings (SSSR count). The lowest BCUT2D eigenvalue weighted by Crippen LogP contribution is -2.71. The van der Waals surface area contributed by atoms with Crippen LogP contribution in [0.5, 0.6) is 11.5 Å². The molecule has 7 heteroatoms. The molecular formula is C33H45NO6. The van der Waals surface area contributed by atoms with Gasteiger partial charge in [0, 0.05) is 6.04 Å². The molecule has 0 unspecified atom stereocenters. The molecule has 1 saturated carbocycles. The van der Waals surface area contributed by atoms with Gasteiger partial charge in [0.15, 0.2) is 0 Å². The lowest BCUT2D eigenvalue weighted by Gasteiger charge is -2.51. The predicted molar refractivity (Wildman–Crippen MR) is 154 cm³/mol. The van der Waals surface area contributed by atoms with Crippen molar-refractivity contribution in [2.24, 2.45) is 23.7 Å². The number of rotatable bonds is 11. The van der Waals surface area contributed by atoms with E-state index in [1.54, 1.807) is 26.0 Å². The van der Waals surface area contributed by atoms with E-state index in [-0.39, 0.29) is 18.1 Å². The van der Waals surface area contributed by atoms with Crippen molar-refractivity contribution in [3.05, 3.63) is 59.7 Å². The second-order valence-electron chi connectivity index (χ2n) is 12.0. The molecule has 1 amide bonds. The summed E-state index contributed by atoms with van der Waals surface area (Å²) in [6, 6.07) is 14.4. The highest BCUT2D eigenvalue weighted by Gasteiger charge is 2.57. The molecular weight excluding hydrogens is 506 g/mol. The van der Waals surface area contributed by atoms with Gasteiger partial charge in [0.05, 0.1) is 26.2 Å². The third-order valence-corrected chi connectivity index (χ3v) is 8.82. The van der Waals surface area contributed by atoms with E-state index in [9.17, 15) is 14.7 Å². The van der Waals surface area contributed by atoms with E-state index in [4.69, 9.17) is 14.2 Å². The fraction of sp³-hybridized carbons (Fsp3) is 0.576. The van der Waals surface area contributed by atoms with Crippen molar-refractivity contribution in [2.75, 3.05) is 14.2 Å². The second kappa shape index (κ2) is 13.1. The first-order chi connectivity index (χ1) is 19.1. The number of β-lactam (4-membered cyclic amide) rings is 1. The number of aliphatic hydroxyl groups excluding tert-OH is 1. The van der Waals surface area contributed by atoms with Crippen molar-refractivity contribution in [1.82, 2.24) is 4.90 Å². The van der Waals surface area contributed by atoms with E-state index < -0.39 is 24.0 Å². The molecule has 2 fully saturated rings. The number of amides is 1. The fourth-order valence-electron chi connectivity index (χ4n) is 6.48. The molecule has 1 saturated heterocycles. The van der Waals surface area contributed by atoms with Gasteiger partial charge in [-0.1, -0.05) is 51.5 Å². The highest BCUT2D eigenvalue weighted by Crippen LogP contribution is 2.39. The van der Waals surface area contributed by atoms with Gasteiger partial charge in [0.2, 0.25) is 5.91 Å². The first-order valence-electron chi connectivity index (χ1n) is 14.6. The Morgan fingerprint density at radius 3 is 1.90 bits per heavy atom. The largest absolute Gasteiger partial charge is 0.497 e. The van der Waals surface area contributed by atoms with Crippen LogP contribution in [0.4, 0.5) is 0 Å². The topological polar surface area (TPSA) is 85.3 Å². The molecule has 0 aromatic heterocycles. The fourth-order valence-corrected chi connectivity index (χ4v) is 6.48. The van der Waals surface area contributed by atoms with Crippen LogP contribution in [0.2, 0.25) is 0 Å². The van der Waals surface area contributed by atoms with Gasteiger partial charge in [-0.3, -0.25) is 4.79 Å². The summed E-state index contributed by atoms with van der Waals surface area (Å²) in [6.45, 7) is 8.15. The third-order valence-electron chi connectivity index (χ3n) is 8.82. The first-order valence-corrected chi connectivity index (χ1v) is 14.6. The molecule has 0 bridgehead atoms. The molecule has 7 nitrogen and oxygen atoms in total. The zero-order chi connectivity index (χ0) is 29.0. The van der Waals surface area contributed by atoms with Crippen LogP contribution in [0, 0.1) is 23.7 Å². The van der Waals surface area contributed by atoms with Crippen molar-refractivity contribution < 1.29 is 28.9 Å². The standard InChI is InChI=1S/C33H45NO6/c1-20(2)28-16-7-21(3)17-29(28)40-33(37)31-30(22(4)35)32(36)34(31)25(18-23-8-12-26(38-5)13-9-23)19-24-10-14-27(39-6)15-11-24/h8-15,20-22,25,28-31,35H,7,16-19H2,1-6H3/t21-,22-,28+,29-,30-,31+/m1/s1. The van der Waals surface area contributed by atoms with Gasteiger partial charge < -0.3 is 24.2 Å². The number of aliphatic hydroxyl groups is 1. The van der Waals surface area contributed by atoms with Crippen LogP contribution in [-0.2, 0) is 27.2 Å². The molecule has 1 aliphatic carbocycles. The molecule has 2 aliphatic rings. The summed E-state index contributed by atoms with van der Waals surface area (Å²) >= 11 is 0. The predicted octanol–water partition coefficient (Wildman–Crippen LogP) is 5.07. The zero-order valence-electron chi connectivity index (χ0n) is 24.7. The van der Waals surface area contributed by atoms with Crippen molar-refractivity contribution in [3.63, 3.8) is 0 Å². The average molecular weight is 552 g/mol. The van der Waals surface area contributed by atoms with Crippen molar-refractivity contribution in [3.8, 4) is 11.5 Å². The normalized spacial score (nSPS) is 25.5. The zero-order valence-corrected chi connectivity index (χ0v) is 24.7. The van der Waals surface area contributed by atoms with Crippen LogP contribution >= 0.6 is 0 Å². The Bertz CT molecular complexity index is 1080. The van der Waals surface area contributed by atoms with E-state index in [0.29, 0.717) is 30.6 Å². The van der Waals surface area contributed by atoms with Crippen molar-refractivity contribution >= 4 is 11.9 Å². The maximum Gasteiger partial charge on any atom is 0.330 e. The van der Waals surface area contributed by atoms with Gasteiger partial charge in [0.25, 0.3) is 0 Å². The van der Waals surface area contributed by atoms with E-state index in [1.807, 2.05) is 48.5 Å². The number of esters is 1. The molecule has 1 heterocycles. The summed E-state index contributed by atoms with van der Waals surface area (Å²) in [5, 5.41) is 10.6. The maximum atomic E-state index is 13.9. The second-order valence-corrected chi connectivity index (χ2v) is 12.0. The number of carbonyl (C=O) groups is 2. The monoisotopic (exact) mass is 551 g/mol. The maximum absolute atomic E-state index is 13.9. The summed E-state index contributed by atoms with van der Waals surface area (Å²) in [5.74, 6) is 1.28. The average Bonchev–Trinajstić information content (AvgIpc) is 2.92. The minimum absolute atomic E-state index is 0.176. The molecule has 40 heavy (non-hydrogen) atoms. The van der Waals surface area contributed by atoms with Crippen LogP contribution in [0.15, 0.2) is 48.5 Å². The van der Waals surface area contributed by atoms with E-state index in [2.05, 4.69) is 20.8 Å². The van der Waals surface area contributed by atoms with Gasteiger partial charge in [-0.15, -0.1) is 0 Å². The molecule has 6 atom stereocenters. The number of likely N-dealkylation sites (tertiary alicyclic amines) is 1. The number of carbonyl (C=O) groups excluding carboxylic acids is 2. The van der Waals surface area contributed by atoms with Crippen molar-refractivity contribution in [2.45, 2.75) is 84.1 Å². The summed E-state index contributed by atoms with van der Waals surface area (Å²) in [7, 11) is 3.26. The van der Waals surface area contributed by atoms with Crippen LogP contribution < -0.4 is 9.47 Å². The van der Waals surface area contributed by atoms with Gasteiger partial charge >= 0.3 is 5.97 Å². The lowest BCUT2D eigenvalue weighted by atomic mass is 9.75. The quantitative estimate of drug-likeness (QED) is 0.310. The van der Waals surface area contributed by atoms with E-state index in [0.717, 1.165) is 41.9 Å². The Hall–Kier alpha value is -3.06. The molecule has 218 valence electrons. The highest BCUT2D eigenvalue weighted by molar-refractivity contribution is 5.98. The Morgan fingerprint density at radius 2 is 1.45 bits per heavy atom. The molecule has 2 aromatic rings. The lowest BCUT2D eigenvalue weighted by molar-refractivity contribution is -0.191. The SMILES string of the molecule is COc1ccc(CC(Cc2ccc(OC)cc2)N2C(=O)[C@H]([C@@H](C)O)[C@H]2C(=O)O[C@@H]2C[C@H](C)CC[C@H]2C(C)C)cc1. The number of nitrogens with zero attached hydrogens (tertiary/aromatic N) is 1. The Morgan fingerprint density at radius 1 is 0.925 bits per heavy atom. The molecule has 1 aliphatic heterocycles. The number of hydrogen-bond acceptors (Lipinski definition) is 6. The van der Waals surface area contributed by atoms with Crippen LogP contribution in [0.25, 0.3) is 0 Å². The minimum atomic E-state index is -0.949. The van der Waals surface area contributed by atoms with E-state index in [1.165, 1.54) is 0 Å². The molecule has 0 spiro atoms.